The number of rotatable bonds is 4. The molecule has 2 aliphatic rings. The number of likely N-dealkylation sites (tertiary alicyclic amines) is 2. The number of nitrogens with one attached hydrogen (secondary N) is 1. The molecule has 2 heterocycles. The molecule has 0 aromatic rings. The van der Waals surface area contributed by atoms with Gasteiger partial charge in [-0.25, -0.2) is 0 Å². The molecule has 20 heavy (non-hydrogen) atoms. The molecule has 1 atom stereocenters. The molecular weight excluding hydrogens is 254 g/mol. The number of amides is 2. The molecule has 0 aromatic heterocycles. The molecule has 2 rings (SSSR count). The average molecular weight is 281 g/mol. The molecule has 0 aromatic carbocycles. The summed E-state index contributed by atoms with van der Waals surface area (Å²) >= 11 is 0. The fraction of sp³-hybridized carbons (Fsp3) is 0.867. The Balaban J connectivity index is 1.82. The van der Waals surface area contributed by atoms with Crippen LogP contribution >= 0.6 is 0 Å². The van der Waals surface area contributed by atoms with Crippen molar-refractivity contribution in [2.45, 2.75) is 38.5 Å². The number of nitrogens with zero attached hydrogens (tertiary/aromatic N) is 2. The van der Waals surface area contributed by atoms with Crippen LogP contribution in [0, 0.1) is 5.92 Å². The van der Waals surface area contributed by atoms with Crippen molar-refractivity contribution in [1.82, 2.24) is 15.1 Å². The summed E-state index contributed by atoms with van der Waals surface area (Å²) in [6, 6.07) is 0. The minimum Gasteiger partial charge on any atom is -0.341 e. The lowest BCUT2D eigenvalue weighted by Crippen LogP contribution is -2.43. The molecule has 114 valence electrons. The fourth-order valence-electron chi connectivity index (χ4n) is 3.16. The van der Waals surface area contributed by atoms with Crippen LogP contribution in [0.25, 0.3) is 0 Å². The highest BCUT2D eigenvalue weighted by atomic mass is 16.2. The second-order valence-electron chi connectivity index (χ2n) is 6.03. The third kappa shape index (κ3) is 4.20. The van der Waals surface area contributed by atoms with Crippen LogP contribution in [0.4, 0.5) is 0 Å². The van der Waals surface area contributed by atoms with Crippen LogP contribution in [0.15, 0.2) is 0 Å². The van der Waals surface area contributed by atoms with E-state index in [4.69, 9.17) is 0 Å². The summed E-state index contributed by atoms with van der Waals surface area (Å²) in [5, 5.41) is 3.17. The van der Waals surface area contributed by atoms with Gasteiger partial charge in [-0.2, -0.15) is 0 Å². The quantitative estimate of drug-likeness (QED) is 0.831. The summed E-state index contributed by atoms with van der Waals surface area (Å²) in [4.78, 5) is 28.0. The van der Waals surface area contributed by atoms with Crippen LogP contribution in [-0.4, -0.2) is 61.4 Å². The van der Waals surface area contributed by atoms with Crippen molar-refractivity contribution in [3.05, 3.63) is 0 Å². The summed E-state index contributed by atoms with van der Waals surface area (Å²) in [5.74, 6) is 0.841. The smallest absolute Gasteiger partial charge is 0.242 e. The zero-order valence-corrected chi connectivity index (χ0v) is 12.6. The van der Waals surface area contributed by atoms with Gasteiger partial charge in [-0.3, -0.25) is 9.59 Å². The second kappa shape index (κ2) is 7.62. The molecule has 0 radical (unpaired) electrons. The Kier molecular flexibility index (Phi) is 5.83. The molecule has 2 fully saturated rings. The summed E-state index contributed by atoms with van der Waals surface area (Å²) < 4.78 is 0. The lowest BCUT2D eigenvalue weighted by atomic mass is 10.1. The summed E-state index contributed by atoms with van der Waals surface area (Å²) in [7, 11) is 1.95. The maximum atomic E-state index is 12.3. The van der Waals surface area contributed by atoms with Crippen LogP contribution in [0.1, 0.15) is 38.5 Å². The van der Waals surface area contributed by atoms with Crippen molar-refractivity contribution in [1.29, 1.82) is 0 Å². The Morgan fingerprint density at radius 3 is 2.85 bits per heavy atom. The first-order chi connectivity index (χ1) is 9.70. The monoisotopic (exact) mass is 281 g/mol. The molecule has 0 aliphatic carbocycles. The Hall–Kier alpha value is -1.10. The van der Waals surface area contributed by atoms with Crippen LogP contribution in [0.2, 0.25) is 0 Å². The maximum Gasteiger partial charge on any atom is 0.242 e. The van der Waals surface area contributed by atoms with Crippen molar-refractivity contribution in [2.24, 2.45) is 5.92 Å². The normalized spacial score (nSPS) is 24.6. The first kappa shape index (κ1) is 15.3. The molecule has 5 nitrogen and oxygen atoms in total. The van der Waals surface area contributed by atoms with Crippen molar-refractivity contribution < 1.29 is 9.59 Å². The second-order valence-corrected chi connectivity index (χ2v) is 6.03. The van der Waals surface area contributed by atoms with Crippen molar-refractivity contribution in [3.8, 4) is 0 Å². The number of hydrogen-bond acceptors (Lipinski definition) is 3. The van der Waals surface area contributed by atoms with Gasteiger partial charge in [0.1, 0.15) is 0 Å². The fourth-order valence-corrected chi connectivity index (χ4v) is 3.16. The van der Waals surface area contributed by atoms with Gasteiger partial charge < -0.3 is 15.1 Å². The Labute approximate surface area is 121 Å². The predicted octanol–water partition coefficient (Wildman–Crippen LogP) is 0.847. The van der Waals surface area contributed by atoms with Gasteiger partial charge in [0.15, 0.2) is 0 Å². The van der Waals surface area contributed by atoms with E-state index in [0.29, 0.717) is 12.3 Å². The molecule has 5 heteroatoms. The van der Waals surface area contributed by atoms with Gasteiger partial charge in [0.2, 0.25) is 11.8 Å². The SMILES string of the molecule is CNCC1CCN(C(=O)CN2CCCCCCC2=O)C1. The largest absolute Gasteiger partial charge is 0.341 e. The number of carbonyl (C=O) groups is 2. The van der Waals surface area contributed by atoms with Gasteiger partial charge in [-0.1, -0.05) is 12.8 Å². The number of carbonyl (C=O) groups excluding carboxylic acids is 2. The molecule has 2 amide bonds. The Morgan fingerprint density at radius 1 is 1.25 bits per heavy atom. The van der Waals surface area contributed by atoms with Crippen LogP contribution in [0.5, 0.6) is 0 Å². The van der Waals surface area contributed by atoms with Gasteiger partial charge in [0, 0.05) is 26.1 Å². The highest BCUT2D eigenvalue weighted by Crippen LogP contribution is 2.17. The summed E-state index contributed by atoms with van der Waals surface area (Å²) in [5.41, 5.74) is 0. The Morgan fingerprint density at radius 2 is 2.05 bits per heavy atom. The molecule has 0 saturated carbocycles. The highest BCUT2D eigenvalue weighted by molar-refractivity contribution is 5.85. The van der Waals surface area contributed by atoms with E-state index < -0.39 is 0 Å². The standard InChI is InChI=1S/C15H27N3O2/c1-16-10-13-7-9-18(11-13)15(20)12-17-8-5-3-2-4-6-14(17)19/h13,16H,2-12H2,1H3. The molecule has 0 bridgehead atoms. The number of hydrogen-bond donors (Lipinski definition) is 1. The summed E-state index contributed by atoms with van der Waals surface area (Å²) in [6.07, 6.45) is 5.99. The average Bonchev–Trinajstić information content (AvgIpc) is 2.87. The third-order valence-corrected chi connectivity index (χ3v) is 4.38. The van der Waals surface area contributed by atoms with Crippen LogP contribution in [0.3, 0.4) is 0 Å². The van der Waals surface area contributed by atoms with Crippen LogP contribution < -0.4 is 5.32 Å². The van der Waals surface area contributed by atoms with Gasteiger partial charge in [-0.05, 0) is 38.8 Å². The zero-order valence-electron chi connectivity index (χ0n) is 12.6. The third-order valence-electron chi connectivity index (χ3n) is 4.38. The van der Waals surface area contributed by atoms with E-state index in [9.17, 15) is 9.59 Å². The van der Waals surface area contributed by atoms with Gasteiger partial charge >= 0.3 is 0 Å². The molecule has 1 unspecified atom stereocenters. The molecule has 1 N–H and O–H groups in total. The van der Waals surface area contributed by atoms with Gasteiger partial charge in [-0.15, -0.1) is 0 Å². The Bertz CT molecular complexity index is 346. The first-order valence-corrected chi connectivity index (χ1v) is 7.91. The maximum absolute atomic E-state index is 12.3. The first-order valence-electron chi connectivity index (χ1n) is 7.91. The molecule has 0 spiro atoms. The van der Waals surface area contributed by atoms with E-state index in [-0.39, 0.29) is 18.4 Å². The summed E-state index contributed by atoms with van der Waals surface area (Å²) in [6.45, 7) is 3.67. The topological polar surface area (TPSA) is 52.7 Å². The minimum atomic E-state index is 0.123. The van der Waals surface area contributed by atoms with E-state index in [0.717, 1.165) is 51.9 Å². The minimum absolute atomic E-state index is 0.123. The molecular formula is C15H27N3O2. The van der Waals surface area contributed by atoms with Crippen LogP contribution in [-0.2, 0) is 9.59 Å². The lowest BCUT2D eigenvalue weighted by Gasteiger charge is -2.26. The van der Waals surface area contributed by atoms with E-state index in [1.54, 1.807) is 4.90 Å². The van der Waals surface area contributed by atoms with E-state index in [2.05, 4.69) is 5.32 Å². The van der Waals surface area contributed by atoms with Gasteiger partial charge in [0.25, 0.3) is 0 Å². The van der Waals surface area contributed by atoms with E-state index in [1.807, 2.05) is 11.9 Å². The van der Waals surface area contributed by atoms with E-state index in [1.165, 1.54) is 6.42 Å². The van der Waals surface area contributed by atoms with Crippen molar-refractivity contribution in [2.75, 3.05) is 39.8 Å². The highest BCUT2D eigenvalue weighted by Gasteiger charge is 2.27. The van der Waals surface area contributed by atoms with Gasteiger partial charge in [0.05, 0.1) is 6.54 Å². The van der Waals surface area contributed by atoms with Crippen molar-refractivity contribution in [3.63, 3.8) is 0 Å². The van der Waals surface area contributed by atoms with E-state index >= 15 is 0 Å². The zero-order chi connectivity index (χ0) is 14.4. The van der Waals surface area contributed by atoms with Crippen molar-refractivity contribution >= 4 is 11.8 Å². The lowest BCUT2D eigenvalue weighted by molar-refractivity contribution is -0.140. The predicted molar refractivity (Wildman–Crippen MR) is 78.3 cm³/mol. The molecule has 2 aliphatic heterocycles. The molecule has 2 saturated heterocycles.